The second-order valence-corrected chi connectivity index (χ2v) is 5.87. The number of aliphatic hydroxyl groups excluding tert-OH is 1. The molecule has 1 aliphatic rings. The molecule has 0 aliphatic carbocycles. The van der Waals surface area contributed by atoms with Crippen LogP contribution in [0.5, 0.6) is 0 Å². The number of piperidine rings is 1. The van der Waals surface area contributed by atoms with Crippen LogP contribution < -0.4 is 0 Å². The maximum Gasteiger partial charge on any atom is 0.0916 e. The summed E-state index contributed by atoms with van der Waals surface area (Å²) in [5.41, 5.74) is 1.15. The summed E-state index contributed by atoms with van der Waals surface area (Å²) in [5, 5.41) is 19.1. The van der Waals surface area contributed by atoms with E-state index in [-0.39, 0.29) is 5.41 Å². The molecule has 1 fully saturated rings. The van der Waals surface area contributed by atoms with Crippen molar-refractivity contribution in [2.45, 2.75) is 32.3 Å². The van der Waals surface area contributed by atoms with Crippen LogP contribution in [0, 0.1) is 16.7 Å². The van der Waals surface area contributed by atoms with Gasteiger partial charge in [0.25, 0.3) is 0 Å². The summed E-state index contributed by atoms with van der Waals surface area (Å²) in [6, 6.07) is 12.1. The molecular formula is C16H22N2O. The highest BCUT2D eigenvalue weighted by Crippen LogP contribution is 2.34. The van der Waals surface area contributed by atoms with Crippen molar-refractivity contribution in [3.8, 4) is 6.07 Å². The van der Waals surface area contributed by atoms with Crippen molar-refractivity contribution >= 4 is 0 Å². The van der Waals surface area contributed by atoms with Crippen LogP contribution in [-0.2, 0) is 0 Å². The lowest BCUT2D eigenvalue weighted by molar-refractivity contribution is 0.0657. The lowest BCUT2D eigenvalue weighted by Crippen LogP contribution is -2.40. The van der Waals surface area contributed by atoms with Gasteiger partial charge in [-0.2, -0.15) is 5.26 Å². The Morgan fingerprint density at radius 1 is 1.32 bits per heavy atom. The van der Waals surface area contributed by atoms with Crippen LogP contribution in [0.1, 0.15) is 37.9 Å². The van der Waals surface area contributed by atoms with Crippen LogP contribution in [0.2, 0.25) is 0 Å². The van der Waals surface area contributed by atoms with Crippen molar-refractivity contribution in [3.63, 3.8) is 0 Å². The first-order valence-electron chi connectivity index (χ1n) is 6.95. The van der Waals surface area contributed by atoms with E-state index in [0.29, 0.717) is 13.0 Å². The molecule has 1 unspecified atom stereocenters. The minimum Gasteiger partial charge on any atom is -0.387 e. The standard InChI is InChI=1S/C16H22N2O/c1-16(7-10-17)8-11-18(12-9-16)13-15(19)14-5-3-2-4-6-14/h2-6,15,19H,7-9,11-13H2,1H3. The first-order valence-corrected chi connectivity index (χ1v) is 6.95. The molecule has 0 amide bonds. The Balaban J connectivity index is 1.85. The average molecular weight is 258 g/mol. The van der Waals surface area contributed by atoms with E-state index in [1.807, 2.05) is 30.3 Å². The van der Waals surface area contributed by atoms with Crippen molar-refractivity contribution in [2.24, 2.45) is 5.41 Å². The molecule has 1 N–H and O–H groups in total. The zero-order chi connectivity index (χ0) is 13.7. The second-order valence-electron chi connectivity index (χ2n) is 5.87. The second kappa shape index (κ2) is 6.18. The smallest absolute Gasteiger partial charge is 0.0916 e. The van der Waals surface area contributed by atoms with Crippen LogP contribution in [0.3, 0.4) is 0 Å². The summed E-state index contributed by atoms with van der Waals surface area (Å²) in [6.45, 7) is 4.83. The number of aliphatic hydroxyl groups is 1. The van der Waals surface area contributed by atoms with Crippen LogP contribution in [0.25, 0.3) is 0 Å². The number of β-amino-alcohol motifs (C(OH)–C–C–N with tert-alkyl or cyclic N) is 1. The lowest BCUT2D eigenvalue weighted by Gasteiger charge is -2.38. The van der Waals surface area contributed by atoms with Gasteiger partial charge >= 0.3 is 0 Å². The molecule has 0 saturated carbocycles. The molecule has 1 atom stereocenters. The molecule has 1 aromatic carbocycles. The third kappa shape index (κ3) is 3.79. The third-order valence-electron chi connectivity index (χ3n) is 4.18. The van der Waals surface area contributed by atoms with Gasteiger partial charge in [-0.25, -0.2) is 0 Å². The van der Waals surface area contributed by atoms with Gasteiger partial charge in [-0.05, 0) is 36.9 Å². The summed E-state index contributed by atoms with van der Waals surface area (Å²) in [6.07, 6.45) is 2.31. The maximum atomic E-state index is 10.2. The minimum atomic E-state index is -0.415. The Hall–Kier alpha value is -1.37. The molecule has 3 nitrogen and oxygen atoms in total. The first-order chi connectivity index (χ1) is 9.13. The van der Waals surface area contributed by atoms with Crippen LogP contribution in [0.4, 0.5) is 0 Å². The fourth-order valence-corrected chi connectivity index (χ4v) is 2.67. The zero-order valence-electron chi connectivity index (χ0n) is 11.5. The lowest BCUT2D eigenvalue weighted by atomic mass is 9.78. The van der Waals surface area contributed by atoms with Crippen molar-refractivity contribution < 1.29 is 5.11 Å². The fourth-order valence-electron chi connectivity index (χ4n) is 2.67. The van der Waals surface area contributed by atoms with E-state index in [1.54, 1.807) is 0 Å². The third-order valence-corrected chi connectivity index (χ3v) is 4.18. The van der Waals surface area contributed by atoms with E-state index in [9.17, 15) is 5.11 Å². The van der Waals surface area contributed by atoms with Gasteiger partial charge in [0, 0.05) is 13.0 Å². The molecule has 3 heteroatoms. The average Bonchev–Trinajstić information content (AvgIpc) is 2.43. The fraction of sp³-hybridized carbons (Fsp3) is 0.562. The van der Waals surface area contributed by atoms with E-state index in [2.05, 4.69) is 17.9 Å². The van der Waals surface area contributed by atoms with Crippen molar-refractivity contribution in [1.29, 1.82) is 5.26 Å². The quantitative estimate of drug-likeness (QED) is 0.903. The highest BCUT2D eigenvalue weighted by atomic mass is 16.3. The number of nitriles is 1. The van der Waals surface area contributed by atoms with Crippen LogP contribution in [-0.4, -0.2) is 29.6 Å². The number of hydrogen-bond donors (Lipinski definition) is 1. The van der Waals surface area contributed by atoms with Crippen molar-refractivity contribution in [1.82, 2.24) is 4.90 Å². The monoisotopic (exact) mass is 258 g/mol. The van der Waals surface area contributed by atoms with Gasteiger partial charge in [-0.1, -0.05) is 37.3 Å². The molecule has 19 heavy (non-hydrogen) atoms. The Morgan fingerprint density at radius 2 is 1.95 bits per heavy atom. The van der Waals surface area contributed by atoms with Gasteiger partial charge in [0.05, 0.1) is 12.2 Å². The molecule has 1 saturated heterocycles. The number of likely N-dealkylation sites (tertiary alicyclic amines) is 1. The van der Waals surface area contributed by atoms with Gasteiger partial charge < -0.3 is 10.0 Å². The number of benzene rings is 1. The van der Waals surface area contributed by atoms with Crippen LogP contribution >= 0.6 is 0 Å². The first kappa shape index (κ1) is 14.0. The van der Waals surface area contributed by atoms with E-state index < -0.39 is 6.10 Å². The van der Waals surface area contributed by atoms with Gasteiger partial charge in [0.15, 0.2) is 0 Å². The molecule has 0 aromatic heterocycles. The molecular weight excluding hydrogens is 236 g/mol. The van der Waals surface area contributed by atoms with Crippen LogP contribution in [0.15, 0.2) is 30.3 Å². The Labute approximate surface area is 115 Å². The summed E-state index contributed by atoms with van der Waals surface area (Å²) in [4.78, 5) is 2.30. The Bertz CT molecular complexity index is 430. The zero-order valence-corrected chi connectivity index (χ0v) is 11.5. The topological polar surface area (TPSA) is 47.3 Å². The SMILES string of the molecule is CC1(CC#N)CCN(CC(O)c2ccccc2)CC1. The van der Waals surface area contributed by atoms with Crippen molar-refractivity contribution in [3.05, 3.63) is 35.9 Å². The normalized spacial score (nSPS) is 20.7. The largest absolute Gasteiger partial charge is 0.387 e. The van der Waals surface area contributed by atoms with Gasteiger partial charge in [-0.15, -0.1) is 0 Å². The molecule has 2 rings (SSSR count). The van der Waals surface area contributed by atoms with E-state index >= 15 is 0 Å². The molecule has 1 heterocycles. The number of rotatable bonds is 4. The predicted octanol–water partition coefficient (Wildman–Crippen LogP) is 2.74. The molecule has 0 radical (unpaired) electrons. The summed E-state index contributed by atoms with van der Waals surface area (Å²) < 4.78 is 0. The van der Waals surface area contributed by atoms with Crippen molar-refractivity contribution in [2.75, 3.05) is 19.6 Å². The van der Waals surface area contributed by atoms with E-state index in [1.165, 1.54) is 0 Å². The molecule has 102 valence electrons. The van der Waals surface area contributed by atoms with Gasteiger partial charge in [0.1, 0.15) is 0 Å². The summed E-state index contributed by atoms with van der Waals surface area (Å²) in [7, 11) is 0. The van der Waals surface area contributed by atoms with E-state index in [4.69, 9.17) is 5.26 Å². The number of nitrogens with zero attached hydrogens (tertiary/aromatic N) is 2. The summed E-state index contributed by atoms with van der Waals surface area (Å²) in [5.74, 6) is 0. The summed E-state index contributed by atoms with van der Waals surface area (Å²) >= 11 is 0. The molecule has 1 aromatic rings. The Morgan fingerprint density at radius 3 is 2.53 bits per heavy atom. The molecule has 0 bridgehead atoms. The van der Waals surface area contributed by atoms with Gasteiger partial charge in [-0.3, -0.25) is 0 Å². The molecule has 1 aliphatic heterocycles. The highest BCUT2D eigenvalue weighted by Gasteiger charge is 2.30. The number of hydrogen-bond acceptors (Lipinski definition) is 3. The van der Waals surface area contributed by atoms with Gasteiger partial charge in [0.2, 0.25) is 0 Å². The Kier molecular flexibility index (Phi) is 4.57. The molecule has 0 spiro atoms. The highest BCUT2D eigenvalue weighted by molar-refractivity contribution is 5.17. The predicted molar refractivity (Wildman–Crippen MR) is 75.4 cm³/mol. The minimum absolute atomic E-state index is 0.170. The maximum absolute atomic E-state index is 10.2. The van der Waals surface area contributed by atoms with E-state index in [0.717, 1.165) is 31.5 Å².